The Morgan fingerprint density at radius 1 is 0.786 bits per heavy atom. The quantitative estimate of drug-likeness (QED) is 0.694. The average molecular weight is 208 g/mol. The predicted octanol–water partition coefficient (Wildman–Crippen LogP) is 2.21. The van der Waals surface area contributed by atoms with Crippen LogP contribution in [0.3, 0.4) is 0 Å². The lowest BCUT2D eigenvalue weighted by atomic mass is 10.1. The van der Waals surface area contributed by atoms with Gasteiger partial charge in [0.1, 0.15) is 0 Å². The van der Waals surface area contributed by atoms with Gasteiger partial charge < -0.3 is 14.9 Å². The predicted molar refractivity (Wildman–Crippen MR) is 61.5 cm³/mol. The zero-order valence-corrected chi connectivity index (χ0v) is 9.72. The van der Waals surface area contributed by atoms with Crippen molar-refractivity contribution in [2.75, 3.05) is 13.2 Å². The molecule has 0 bridgehead atoms. The van der Waals surface area contributed by atoms with Crippen LogP contribution in [0.5, 0.6) is 0 Å². The lowest BCUT2D eigenvalue weighted by molar-refractivity contribution is -0.102. The third kappa shape index (κ3) is 29.7. The van der Waals surface area contributed by atoms with Gasteiger partial charge in [0.15, 0.2) is 0 Å². The first-order valence-corrected chi connectivity index (χ1v) is 4.54. The molecule has 0 unspecified atom stereocenters. The molecule has 3 nitrogen and oxygen atoms in total. The van der Waals surface area contributed by atoms with Crippen molar-refractivity contribution in [1.29, 1.82) is 0 Å². The zero-order valence-electron chi connectivity index (χ0n) is 9.72. The Hall–Kier alpha value is -0.120. The van der Waals surface area contributed by atoms with Gasteiger partial charge in [-0.15, -0.1) is 0 Å². The van der Waals surface area contributed by atoms with Crippen LogP contribution < -0.4 is 0 Å². The minimum Gasteiger partial charge on any atom is -0.394 e. The van der Waals surface area contributed by atoms with Crippen molar-refractivity contribution in [3.63, 3.8) is 0 Å². The van der Waals surface area contributed by atoms with Crippen LogP contribution in [-0.2, 0) is 4.74 Å². The molecular formula is C11H28O3. The first-order chi connectivity index (χ1) is 5.62. The molecule has 0 aromatic carbocycles. The van der Waals surface area contributed by atoms with E-state index in [4.69, 9.17) is 14.9 Å². The maximum atomic E-state index is 7.62. The van der Waals surface area contributed by atoms with E-state index in [1.807, 2.05) is 0 Å². The van der Waals surface area contributed by atoms with Crippen molar-refractivity contribution < 1.29 is 14.9 Å². The molecule has 0 saturated carbocycles. The fourth-order valence-electron chi connectivity index (χ4n) is 0.919. The van der Waals surface area contributed by atoms with Gasteiger partial charge in [0.25, 0.3) is 0 Å². The van der Waals surface area contributed by atoms with E-state index in [2.05, 4.69) is 41.5 Å². The lowest BCUT2D eigenvalue weighted by Gasteiger charge is -2.30. The maximum Gasteiger partial charge on any atom is 0.0662 e. The molecule has 0 aliphatic rings. The lowest BCUT2D eigenvalue weighted by Crippen LogP contribution is -2.31. The van der Waals surface area contributed by atoms with Crippen LogP contribution in [-0.4, -0.2) is 34.6 Å². The minimum atomic E-state index is -0.125. The number of hydrogen-bond acceptors (Lipinski definition) is 3. The number of rotatable bonds is 1. The van der Waals surface area contributed by atoms with E-state index >= 15 is 0 Å². The molecule has 14 heavy (non-hydrogen) atoms. The van der Waals surface area contributed by atoms with Gasteiger partial charge in [-0.2, -0.15) is 0 Å². The Labute approximate surface area is 89.1 Å². The highest BCUT2D eigenvalue weighted by Crippen LogP contribution is 2.17. The van der Waals surface area contributed by atoms with Crippen molar-refractivity contribution in [3.8, 4) is 0 Å². The monoisotopic (exact) mass is 208 g/mol. The van der Waals surface area contributed by atoms with Crippen LogP contribution in [0.2, 0.25) is 0 Å². The molecule has 2 N–H and O–H groups in total. The van der Waals surface area contributed by atoms with E-state index in [0.29, 0.717) is 0 Å². The summed E-state index contributed by atoms with van der Waals surface area (Å²) in [5, 5.41) is 15.2. The van der Waals surface area contributed by atoms with Gasteiger partial charge in [-0.05, 0) is 41.5 Å². The fourth-order valence-corrected chi connectivity index (χ4v) is 0.919. The van der Waals surface area contributed by atoms with Crippen molar-refractivity contribution in [1.82, 2.24) is 0 Å². The molecule has 0 spiro atoms. The maximum absolute atomic E-state index is 7.62. The molecule has 0 amide bonds. The van der Waals surface area contributed by atoms with E-state index in [9.17, 15) is 0 Å². The number of aliphatic hydroxyl groups excluding tert-OH is 2. The molecule has 0 aliphatic carbocycles. The molecule has 0 radical (unpaired) electrons. The van der Waals surface area contributed by atoms with Crippen molar-refractivity contribution in [2.45, 2.75) is 60.2 Å². The van der Waals surface area contributed by atoms with Gasteiger partial charge in [-0.3, -0.25) is 0 Å². The first kappa shape index (κ1) is 19.5. The van der Waals surface area contributed by atoms with Gasteiger partial charge in [0, 0.05) is 0 Å². The zero-order chi connectivity index (χ0) is 11.1. The first-order valence-electron chi connectivity index (χ1n) is 4.54. The molecule has 0 aromatic heterocycles. The third-order valence-corrected chi connectivity index (χ3v) is 0.712. The Morgan fingerprint density at radius 2 is 1.00 bits per heavy atom. The smallest absolute Gasteiger partial charge is 0.0662 e. The van der Waals surface area contributed by atoms with Crippen LogP contribution in [0.1, 0.15) is 49.0 Å². The number of ether oxygens (including phenoxy) is 1. The third-order valence-electron chi connectivity index (χ3n) is 0.712. The van der Waals surface area contributed by atoms with Gasteiger partial charge in [-0.1, -0.05) is 7.43 Å². The van der Waals surface area contributed by atoms with Crippen LogP contribution in [0.4, 0.5) is 0 Å². The Morgan fingerprint density at radius 3 is 1.00 bits per heavy atom. The molecule has 0 aromatic rings. The molecule has 0 fully saturated rings. The SMILES string of the molecule is C.CC(C)(C)OC(C)(C)C.OCCO. The Balaban J connectivity index is -0.000000209. The summed E-state index contributed by atoms with van der Waals surface area (Å²) in [7, 11) is 0. The second kappa shape index (κ2) is 8.21. The summed E-state index contributed by atoms with van der Waals surface area (Å²) < 4.78 is 5.62. The van der Waals surface area contributed by atoms with E-state index < -0.39 is 0 Å². The number of aliphatic hydroxyl groups is 2. The van der Waals surface area contributed by atoms with Crippen molar-refractivity contribution in [3.05, 3.63) is 0 Å². The van der Waals surface area contributed by atoms with Crippen LogP contribution >= 0.6 is 0 Å². The highest BCUT2D eigenvalue weighted by atomic mass is 16.5. The van der Waals surface area contributed by atoms with Gasteiger partial charge in [-0.25, -0.2) is 0 Å². The topological polar surface area (TPSA) is 49.7 Å². The summed E-state index contributed by atoms with van der Waals surface area (Å²) in [5.74, 6) is 0. The standard InChI is InChI=1S/C8H18O.C2H6O2.CH4/c1-7(2,3)9-8(4,5)6;3-1-2-4;/h1-6H3;3-4H,1-2H2;1H4. The van der Waals surface area contributed by atoms with E-state index in [0.717, 1.165) is 0 Å². The van der Waals surface area contributed by atoms with E-state index in [1.54, 1.807) is 0 Å². The van der Waals surface area contributed by atoms with Gasteiger partial charge >= 0.3 is 0 Å². The van der Waals surface area contributed by atoms with E-state index in [1.165, 1.54) is 0 Å². The van der Waals surface area contributed by atoms with Crippen molar-refractivity contribution in [2.24, 2.45) is 0 Å². The van der Waals surface area contributed by atoms with Crippen LogP contribution in [0.15, 0.2) is 0 Å². The summed E-state index contributed by atoms with van der Waals surface area (Å²) in [6.07, 6.45) is 0. The summed E-state index contributed by atoms with van der Waals surface area (Å²) in [6.45, 7) is 12.2. The molecule has 0 rings (SSSR count). The molecule has 0 aliphatic heterocycles. The minimum absolute atomic E-state index is 0. The van der Waals surface area contributed by atoms with Crippen LogP contribution in [0.25, 0.3) is 0 Å². The Kier molecular flexibility index (Phi) is 11.4. The highest BCUT2D eigenvalue weighted by Gasteiger charge is 2.19. The summed E-state index contributed by atoms with van der Waals surface area (Å²) >= 11 is 0. The Bertz CT molecular complexity index is 94.7. The van der Waals surface area contributed by atoms with Gasteiger partial charge in [0.05, 0.1) is 24.4 Å². The fraction of sp³-hybridized carbons (Fsp3) is 1.00. The molecule has 3 heteroatoms. The molecular weight excluding hydrogens is 180 g/mol. The largest absolute Gasteiger partial charge is 0.394 e. The average Bonchev–Trinajstić information content (AvgIpc) is 1.80. The normalized spacial score (nSPS) is 11.1. The second-order valence-electron chi connectivity index (χ2n) is 4.77. The van der Waals surface area contributed by atoms with E-state index in [-0.39, 0.29) is 31.8 Å². The van der Waals surface area contributed by atoms with Gasteiger partial charge in [0.2, 0.25) is 0 Å². The molecule has 0 heterocycles. The molecule has 90 valence electrons. The summed E-state index contributed by atoms with van der Waals surface area (Å²) in [4.78, 5) is 0. The molecule has 0 atom stereocenters. The summed E-state index contributed by atoms with van der Waals surface area (Å²) in [6, 6.07) is 0. The summed E-state index contributed by atoms with van der Waals surface area (Å²) in [5.41, 5.74) is -0.0312. The highest BCUT2D eigenvalue weighted by molar-refractivity contribution is 4.68. The van der Waals surface area contributed by atoms with Crippen LogP contribution in [0, 0.1) is 0 Å². The molecule has 0 saturated heterocycles. The number of hydrogen-bond donors (Lipinski definition) is 2. The second-order valence-corrected chi connectivity index (χ2v) is 4.77. The van der Waals surface area contributed by atoms with Crippen molar-refractivity contribution >= 4 is 0 Å².